The molecule has 8 nitrogen and oxygen atoms in total. The van der Waals surface area contributed by atoms with Gasteiger partial charge in [-0.2, -0.15) is 0 Å². The molecule has 0 spiro atoms. The lowest BCUT2D eigenvalue weighted by atomic mass is 10.0. The monoisotopic (exact) mass is 510 g/mol. The van der Waals surface area contributed by atoms with Crippen LogP contribution in [0.3, 0.4) is 0 Å². The second-order valence-electron chi connectivity index (χ2n) is 9.49. The van der Waals surface area contributed by atoms with Gasteiger partial charge in [0.15, 0.2) is 0 Å². The van der Waals surface area contributed by atoms with Crippen LogP contribution in [0.4, 0.5) is 5.69 Å². The van der Waals surface area contributed by atoms with Gasteiger partial charge in [-0.3, -0.25) is 14.3 Å². The molecule has 3 aromatic rings. The van der Waals surface area contributed by atoms with Crippen LogP contribution in [0.15, 0.2) is 57.0 Å². The molecule has 1 aliphatic rings. The Morgan fingerprint density at radius 2 is 1.89 bits per heavy atom. The lowest BCUT2D eigenvalue weighted by molar-refractivity contribution is -0.145. The van der Waals surface area contributed by atoms with Crippen LogP contribution in [0.5, 0.6) is 0 Å². The Morgan fingerprint density at radius 3 is 2.53 bits per heavy atom. The van der Waals surface area contributed by atoms with Crippen molar-refractivity contribution in [1.82, 2.24) is 14.1 Å². The van der Waals surface area contributed by atoms with E-state index in [0.717, 1.165) is 28.0 Å². The van der Waals surface area contributed by atoms with Crippen LogP contribution in [0.1, 0.15) is 42.9 Å². The lowest BCUT2D eigenvalue weighted by Gasteiger charge is -2.14. The highest BCUT2D eigenvalue weighted by molar-refractivity contribution is 6.30. The van der Waals surface area contributed by atoms with Gasteiger partial charge in [0, 0.05) is 11.6 Å². The van der Waals surface area contributed by atoms with E-state index in [2.05, 4.69) is 23.0 Å². The molecule has 0 aliphatic heterocycles. The zero-order valence-electron chi connectivity index (χ0n) is 20.8. The number of aromatic nitrogens is 3. The Bertz CT molecular complexity index is 1430. The van der Waals surface area contributed by atoms with Gasteiger partial charge in [-0.25, -0.2) is 19.1 Å². The van der Waals surface area contributed by atoms with Gasteiger partial charge in [-0.05, 0) is 66.6 Å². The molecule has 1 aliphatic carbocycles. The third kappa shape index (κ3) is 6.23. The average Bonchev–Trinajstić information content (AvgIpc) is 3.68. The second kappa shape index (κ2) is 11.1. The number of ether oxygens (including phenoxy) is 1. The highest BCUT2D eigenvalue weighted by Gasteiger charge is 2.21. The largest absolute Gasteiger partial charge is 0.469 e. The number of halogens is 1. The molecule has 0 unspecified atom stereocenters. The summed E-state index contributed by atoms with van der Waals surface area (Å²) < 4.78 is 7.15. The molecule has 9 heteroatoms. The SMILES string of the molecule is COC(=O)[C@@H](C)Cn1c(=O)[nH]/c(=N\c2ccc(CCC3CC3)c(C)c2)n(Cc2ccc(Cl)cc2)c1=O. The first kappa shape index (κ1) is 25.7. The fraction of sp³-hybridized carbons (Fsp3) is 0.407. The van der Waals surface area contributed by atoms with E-state index in [1.54, 1.807) is 19.1 Å². The number of nitrogens with one attached hydrogen (secondary N) is 1. The number of methoxy groups -OCH3 is 1. The number of nitrogens with zero attached hydrogens (tertiary/aromatic N) is 3. The molecular weight excluding hydrogens is 480 g/mol. The van der Waals surface area contributed by atoms with E-state index in [-0.39, 0.29) is 18.7 Å². The summed E-state index contributed by atoms with van der Waals surface area (Å²) in [6.45, 7) is 3.71. The van der Waals surface area contributed by atoms with Crippen molar-refractivity contribution in [2.24, 2.45) is 16.8 Å². The smallest absolute Gasteiger partial charge is 0.335 e. The van der Waals surface area contributed by atoms with Crippen LogP contribution in [0, 0.1) is 18.8 Å². The molecule has 1 saturated carbocycles. The van der Waals surface area contributed by atoms with Gasteiger partial charge in [0.1, 0.15) is 0 Å². The first-order valence-electron chi connectivity index (χ1n) is 12.2. The Hall–Kier alpha value is -3.39. The number of rotatable bonds is 9. The summed E-state index contributed by atoms with van der Waals surface area (Å²) in [7, 11) is 1.27. The normalized spacial score (nSPS) is 14.6. The number of hydrogen-bond acceptors (Lipinski definition) is 5. The number of carbonyl (C=O) groups excluding carboxylic acids is 1. The molecule has 1 aromatic heterocycles. The minimum Gasteiger partial charge on any atom is -0.469 e. The third-order valence-corrected chi connectivity index (χ3v) is 6.83. The van der Waals surface area contributed by atoms with Crippen LogP contribution < -0.4 is 17.0 Å². The molecule has 0 radical (unpaired) electrons. The maximum absolute atomic E-state index is 13.5. The van der Waals surface area contributed by atoms with E-state index >= 15 is 0 Å². The Morgan fingerprint density at radius 1 is 1.17 bits per heavy atom. The Kier molecular flexibility index (Phi) is 7.94. The van der Waals surface area contributed by atoms with Crippen LogP contribution in [-0.4, -0.2) is 27.2 Å². The van der Waals surface area contributed by atoms with Crippen molar-refractivity contribution in [3.63, 3.8) is 0 Å². The number of H-pyrrole nitrogens is 1. The highest BCUT2D eigenvalue weighted by atomic mass is 35.5. The standard InChI is InChI=1S/C27H31ClN4O4/c1-17-14-23(13-10-21(17)9-6-19-4-5-19)29-25-30-26(34)32(15-18(2)24(33)36-3)27(35)31(25)16-20-7-11-22(28)12-8-20/h7-8,10-14,18-19H,4-6,9,15-16H2,1-3H3,(H,29,30,34)/t18-/m0/s1. The summed E-state index contributed by atoms with van der Waals surface area (Å²) in [6, 6.07) is 13.0. The van der Waals surface area contributed by atoms with Crippen molar-refractivity contribution >= 4 is 23.3 Å². The van der Waals surface area contributed by atoms with Gasteiger partial charge < -0.3 is 4.74 Å². The quantitative estimate of drug-likeness (QED) is 0.443. The molecule has 0 saturated heterocycles. The zero-order valence-corrected chi connectivity index (χ0v) is 21.5. The summed E-state index contributed by atoms with van der Waals surface area (Å²) in [6.07, 6.45) is 4.90. The molecular formula is C27H31ClN4O4. The number of aryl methyl sites for hydroxylation is 2. The maximum Gasteiger partial charge on any atom is 0.335 e. The molecule has 0 bridgehead atoms. The summed E-state index contributed by atoms with van der Waals surface area (Å²) in [5, 5.41) is 0.580. The summed E-state index contributed by atoms with van der Waals surface area (Å²) in [5.74, 6) is -0.318. The lowest BCUT2D eigenvalue weighted by Crippen LogP contribution is -2.51. The average molecular weight is 511 g/mol. The minimum atomic E-state index is -0.675. The van der Waals surface area contributed by atoms with E-state index in [0.29, 0.717) is 10.7 Å². The zero-order chi connectivity index (χ0) is 25.8. The topological polar surface area (TPSA) is 98.4 Å². The number of carbonyl (C=O) groups is 1. The van der Waals surface area contributed by atoms with Gasteiger partial charge >= 0.3 is 17.3 Å². The van der Waals surface area contributed by atoms with E-state index in [1.807, 2.05) is 24.3 Å². The molecule has 1 heterocycles. The van der Waals surface area contributed by atoms with Gasteiger partial charge in [-0.15, -0.1) is 0 Å². The minimum absolute atomic E-state index is 0.115. The second-order valence-corrected chi connectivity index (χ2v) is 9.92. The predicted octanol–water partition coefficient (Wildman–Crippen LogP) is 3.73. The maximum atomic E-state index is 13.5. The van der Waals surface area contributed by atoms with Gasteiger partial charge in [0.25, 0.3) is 0 Å². The summed E-state index contributed by atoms with van der Waals surface area (Å²) in [4.78, 5) is 45.6. The number of benzene rings is 2. The molecule has 1 atom stereocenters. The van der Waals surface area contributed by atoms with E-state index in [1.165, 1.54) is 36.5 Å². The molecule has 1 fully saturated rings. The first-order valence-corrected chi connectivity index (χ1v) is 12.5. The molecule has 0 amide bonds. The summed E-state index contributed by atoms with van der Waals surface area (Å²) >= 11 is 6.02. The van der Waals surface area contributed by atoms with Crippen molar-refractivity contribution in [1.29, 1.82) is 0 Å². The third-order valence-electron chi connectivity index (χ3n) is 6.58. The van der Waals surface area contributed by atoms with E-state index in [9.17, 15) is 14.4 Å². The van der Waals surface area contributed by atoms with Crippen LogP contribution in [0.2, 0.25) is 5.02 Å². The fourth-order valence-electron chi connectivity index (χ4n) is 4.19. The molecule has 190 valence electrons. The number of aromatic amines is 1. The van der Waals surface area contributed by atoms with E-state index in [4.69, 9.17) is 16.3 Å². The fourth-order valence-corrected chi connectivity index (χ4v) is 4.31. The Labute approximate surface area is 214 Å². The van der Waals surface area contributed by atoms with E-state index < -0.39 is 23.3 Å². The molecule has 36 heavy (non-hydrogen) atoms. The van der Waals surface area contributed by atoms with Crippen molar-refractivity contribution < 1.29 is 9.53 Å². The van der Waals surface area contributed by atoms with Gasteiger partial charge in [-0.1, -0.05) is 49.6 Å². The highest BCUT2D eigenvalue weighted by Crippen LogP contribution is 2.34. The molecule has 2 aromatic carbocycles. The predicted molar refractivity (Wildman–Crippen MR) is 138 cm³/mol. The number of esters is 1. The van der Waals surface area contributed by atoms with Gasteiger partial charge in [0.2, 0.25) is 5.62 Å². The summed E-state index contributed by atoms with van der Waals surface area (Å²) in [5.41, 5.74) is 2.79. The van der Waals surface area contributed by atoms with Crippen molar-refractivity contribution in [2.75, 3.05) is 7.11 Å². The molecule has 4 rings (SSSR count). The van der Waals surface area contributed by atoms with Gasteiger partial charge in [0.05, 0.1) is 25.3 Å². The van der Waals surface area contributed by atoms with Crippen molar-refractivity contribution in [3.05, 3.63) is 90.8 Å². The number of hydrogen-bond donors (Lipinski definition) is 1. The van der Waals surface area contributed by atoms with Crippen molar-refractivity contribution in [2.45, 2.75) is 52.6 Å². The first-order chi connectivity index (χ1) is 17.2. The van der Waals surface area contributed by atoms with Crippen LogP contribution >= 0.6 is 11.6 Å². The van der Waals surface area contributed by atoms with Crippen molar-refractivity contribution in [3.8, 4) is 0 Å². The molecule has 1 N–H and O–H groups in total. The Balaban J connectivity index is 1.76. The van der Waals surface area contributed by atoms with Crippen LogP contribution in [-0.2, 0) is 29.0 Å². The van der Waals surface area contributed by atoms with Crippen LogP contribution in [0.25, 0.3) is 0 Å².